The molecule has 7 heteroatoms. The second-order valence-electron chi connectivity index (χ2n) is 4.35. The lowest BCUT2D eigenvalue weighted by atomic mass is 10.1. The highest BCUT2D eigenvalue weighted by Gasteiger charge is 2.23. The van der Waals surface area contributed by atoms with Gasteiger partial charge in [-0.3, -0.25) is 10.1 Å². The van der Waals surface area contributed by atoms with Crippen molar-refractivity contribution in [2.75, 3.05) is 5.32 Å². The van der Waals surface area contributed by atoms with Gasteiger partial charge in [0.1, 0.15) is 17.9 Å². The molecule has 7 nitrogen and oxygen atoms in total. The van der Waals surface area contributed by atoms with Gasteiger partial charge in [-0.05, 0) is 12.5 Å². The first kappa shape index (κ1) is 14.4. The second kappa shape index (κ2) is 6.00. The SMILES string of the molecule is C=CCC(Nc1c([N+](=O)[O-])cnc2ccccc12)C(=O)O. The number of aromatic nitrogens is 1. The van der Waals surface area contributed by atoms with E-state index >= 15 is 0 Å². The molecule has 0 saturated carbocycles. The van der Waals surface area contributed by atoms with Crippen molar-refractivity contribution >= 4 is 28.2 Å². The van der Waals surface area contributed by atoms with Gasteiger partial charge in [-0.2, -0.15) is 0 Å². The van der Waals surface area contributed by atoms with E-state index in [1.165, 1.54) is 6.08 Å². The Morgan fingerprint density at radius 3 is 2.86 bits per heavy atom. The number of carboxylic acid groups (broad SMARTS) is 1. The van der Waals surface area contributed by atoms with Crippen molar-refractivity contribution in [2.24, 2.45) is 0 Å². The molecule has 2 N–H and O–H groups in total. The smallest absolute Gasteiger partial charge is 0.326 e. The van der Waals surface area contributed by atoms with Crippen LogP contribution in [-0.4, -0.2) is 27.0 Å². The van der Waals surface area contributed by atoms with Crippen LogP contribution in [0.15, 0.2) is 43.1 Å². The predicted molar refractivity (Wildman–Crippen MR) is 78.3 cm³/mol. The van der Waals surface area contributed by atoms with Gasteiger partial charge in [0.2, 0.25) is 0 Å². The highest BCUT2D eigenvalue weighted by molar-refractivity contribution is 5.97. The monoisotopic (exact) mass is 287 g/mol. The molecule has 0 aliphatic carbocycles. The van der Waals surface area contributed by atoms with Crippen LogP contribution in [0.5, 0.6) is 0 Å². The van der Waals surface area contributed by atoms with Crippen LogP contribution in [0.3, 0.4) is 0 Å². The van der Waals surface area contributed by atoms with Crippen LogP contribution < -0.4 is 5.32 Å². The number of aliphatic carboxylic acids is 1. The van der Waals surface area contributed by atoms with E-state index in [4.69, 9.17) is 0 Å². The average Bonchev–Trinajstić information content (AvgIpc) is 2.46. The first-order chi connectivity index (χ1) is 10.0. The number of rotatable bonds is 6. The van der Waals surface area contributed by atoms with E-state index in [9.17, 15) is 20.0 Å². The number of hydrogen-bond acceptors (Lipinski definition) is 5. The number of hydrogen-bond donors (Lipinski definition) is 2. The average molecular weight is 287 g/mol. The van der Waals surface area contributed by atoms with Crippen molar-refractivity contribution in [1.82, 2.24) is 4.98 Å². The zero-order valence-electron chi connectivity index (χ0n) is 11.0. The summed E-state index contributed by atoms with van der Waals surface area (Å²) in [6.07, 6.45) is 2.71. The van der Waals surface area contributed by atoms with Crippen molar-refractivity contribution in [3.05, 3.63) is 53.2 Å². The minimum atomic E-state index is -1.11. The fourth-order valence-electron chi connectivity index (χ4n) is 1.98. The van der Waals surface area contributed by atoms with E-state index < -0.39 is 16.9 Å². The standard InChI is InChI=1S/C14H13N3O4/c1-2-5-11(14(18)19)16-13-9-6-3-4-7-10(9)15-8-12(13)17(20)21/h2-4,6-8,11H,1,5H2,(H,15,16)(H,18,19). The third kappa shape index (κ3) is 2.97. The molecule has 2 rings (SSSR count). The van der Waals surface area contributed by atoms with E-state index in [-0.39, 0.29) is 17.8 Å². The second-order valence-corrected chi connectivity index (χ2v) is 4.35. The van der Waals surface area contributed by atoms with Crippen LogP contribution in [0.1, 0.15) is 6.42 Å². The Hall–Kier alpha value is -2.96. The molecule has 0 radical (unpaired) electrons. The molecule has 1 unspecified atom stereocenters. The van der Waals surface area contributed by atoms with Crippen molar-refractivity contribution in [3.8, 4) is 0 Å². The van der Waals surface area contributed by atoms with Gasteiger partial charge in [-0.1, -0.05) is 24.3 Å². The van der Waals surface area contributed by atoms with Gasteiger partial charge in [-0.25, -0.2) is 9.78 Å². The fraction of sp³-hybridized carbons (Fsp3) is 0.143. The summed E-state index contributed by atoms with van der Waals surface area (Å²) in [7, 11) is 0. The summed E-state index contributed by atoms with van der Waals surface area (Å²) in [5.41, 5.74) is 0.442. The molecule has 0 fully saturated rings. The van der Waals surface area contributed by atoms with Crippen LogP contribution in [0.4, 0.5) is 11.4 Å². The maximum atomic E-state index is 11.2. The van der Waals surface area contributed by atoms with Crippen molar-refractivity contribution in [1.29, 1.82) is 0 Å². The fourth-order valence-corrected chi connectivity index (χ4v) is 1.98. The first-order valence-electron chi connectivity index (χ1n) is 6.17. The number of nitro groups is 1. The summed E-state index contributed by atoms with van der Waals surface area (Å²) in [6.45, 7) is 3.49. The number of para-hydroxylation sites is 1. The molecule has 0 aliphatic heterocycles. The zero-order valence-corrected chi connectivity index (χ0v) is 11.0. The van der Waals surface area contributed by atoms with Gasteiger partial charge >= 0.3 is 11.7 Å². The summed E-state index contributed by atoms with van der Waals surface area (Å²) in [5, 5.41) is 23.5. The summed E-state index contributed by atoms with van der Waals surface area (Å²) >= 11 is 0. The molecule has 1 aromatic heterocycles. The molecular formula is C14H13N3O4. The number of fused-ring (bicyclic) bond motifs is 1. The van der Waals surface area contributed by atoms with Gasteiger partial charge in [0.25, 0.3) is 0 Å². The molecule has 0 saturated heterocycles. The Bertz CT molecular complexity index is 714. The Morgan fingerprint density at radius 2 is 2.24 bits per heavy atom. The van der Waals surface area contributed by atoms with Crippen LogP contribution in [0.2, 0.25) is 0 Å². The molecule has 1 aromatic carbocycles. The highest BCUT2D eigenvalue weighted by atomic mass is 16.6. The molecule has 0 aliphatic rings. The number of pyridine rings is 1. The van der Waals surface area contributed by atoms with E-state index in [1.54, 1.807) is 24.3 Å². The van der Waals surface area contributed by atoms with Crippen LogP contribution in [-0.2, 0) is 4.79 Å². The predicted octanol–water partition coefficient (Wildman–Crippen LogP) is 2.58. The summed E-state index contributed by atoms with van der Waals surface area (Å²) in [5.74, 6) is -1.11. The maximum Gasteiger partial charge on any atom is 0.326 e. The lowest BCUT2D eigenvalue weighted by Gasteiger charge is -2.15. The molecule has 0 bridgehead atoms. The van der Waals surface area contributed by atoms with Crippen LogP contribution in [0, 0.1) is 10.1 Å². The minimum Gasteiger partial charge on any atom is -0.480 e. The lowest BCUT2D eigenvalue weighted by Crippen LogP contribution is -2.29. The minimum absolute atomic E-state index is 0.142. The van der Waals surface area contributed by atoms with Crippen molar-refractivity contribution in [2.45, 2.75) is 12.5 Å². The third-order valence-corrected chi connectivity index (χ3v) is 2.97. The summed E-state index contributed by atoms with van der Waals surface area (Å²) in [6, 6.07) is 5.83. The molecule has 0 amide bonds. The summed E-state index contributed by atoms with van der Waals surface area (Å²) in [4.78, 5) is 25.8. The highest BCUT2D eigenvalue weighted by Crippen LogP contribution is 2.32. The summed E-state index contributed by atoms with van der Waals surface area (Å²) < 4.78 is 0. The molecule has 1 heterocycles. The molecule has 1 atom stereocenters. The van der Waals surface area contributed by atoms with Crippen LogP contribution in [0.25, 0.3) is 10.9 Å². The Morgan fingerprint density at radius 1 is 1.52 bits per heavy atom. The number of carboxylic acids is 1. The molecule has 2 aromatic rings. The molecule has 21 heavy (non-hydrogen) atoms. The third-order valence-electron chi connectivity index (χ3n) is 2.97. The Balaban J connectivity index is 2.58. The van der Waals surface area contributed by atoms with Gasteiger partial charge in [0, 0.05) is 5.39 Å². The number of carbonyl (C=O) groups is 1. The largest absolute Gasteiger partial charge is 0.480 e. The first-order valence-corrected chi connectivity index (χ1v) is 6.17. The van der Waals surface area contributed by atoms with E-state index in [1.807, 2.05) is 0 Å². The maximum absolute atomic E-state index is 11.2. The Kier molecular flexibility index (Phi) is 4.13. The normalized spacial score (nSPS) is 11.8. The van der Waals surface area contributed by atoms with Gasteiger partial charge < -0.3 is 10.4 Å². The number of nitrogens with zero attached hydrogens (tertiary/aromatic N) is 2. The van der Waals surface area contributed by atoms with Crippen LogP contribution >= 0.6 is 0 Å². The van der Waals surface area contributed by atoms with Gasteiger partial charge in [0.15, 0.2) is 0 Å². The quantitative estimate of drug-likeness (QED) is 0.480. The molecule has 0 spiro atoms. The van der Waals surface area contributed by atoms with E-state index in [0.29, 0.717) is 10.9 Å². The number of nitrogens with one attached hydrogen (secondary N) is 1. The van der Waals surface area contributed by atoms with Crippen molar-refractivity contribution in [3.63, 3.8) is 0 Å². The van der Waals surface area contributed by atoms with Gasteiger partial charge in [-0.15, -0.1) is 6.58 Å². The van der Waals surface area contributed by atoms with E-state index in [0.717, 1.165) is 6.20 Å². The molecular weight excluding hydrogens is 274 g/mol. The lowest BCUT2D eigenvalue weighted by molar-refractivity contribution is -0.384. The van der Waals surface area contributed by atoms with Gasteiger partial charge in [0.05, 0.1) is 10.4 Å². The number of anilines is 1. The Labute approximate surface area is 120 Å². The van der Waals surface area contributed by atoms with Crippen molar-refractivity contribution < 1.29 is 14.8 Å². The van der Waals surface area contributed by atoms with E-state index in [2.05, 4.69) is 16.9 Å². The topological polar surface area (TPSA) is 105 Å². The molecule has 108 valence electrons. The zero-order chi connectivity index (χ0) is 15.4. The number of benzene rings is 1.